The van der Waals surface area contributed by atoms with Crippen molar-refractivity contribution in [1.29, 1.82) is 5.26 Å². The van der Waals surface area contributed by atoms with Crippen molar-refractivity contribution in [3.63, 3.8) is 0 Å². The number of ether oxygens (including phenoxy) is 1. The summed E-state index contributed by atoms with van der Waals surface area (Å²) < 4.78 is 5.44. The Hall–Kier alpha value is -1.53. The SMILES string of the molecule is CC(C)CNCc1cccc(OC(C)C#N)c1. The predicted molar refractivity (Wildman–Crippen MR) is 68.7 cm³/mol. The predicted octanol–water partition coefficient (Wildman–Crippen LogP) is 2.72. The van der Waals surface area contributed by atoms with E-state index >= 15 is 0 Å². The minimum absolute atomic E-state index is 0.408. The van der Waals surface area contributed by atoms with E-state index in [1.165, 1.54) is 5.56 Å². The average molecular weight is 232 g/mol. The molecule has 0 radical (unpaired) electrons. The van der Waals surface area contributed by atoms with E-state index in [0.29, 0.717) is 5.92 Å². The molecule has 0 aliphatic rings. The van der Waals surface area contributed by atoms with Crippen LogP contribution in [0.15, 0.2) is 24.3 Å². The topological polar surface area (TPSA) is 45.0 Å². The summed E-state index contributed by atoms with van der Waals surface area (Å²) in [5.41, 5.74) is 1.17. The van der Waals surface area contributed by atoms with Gasteiger partial charge in [-0.15, -0.1) is 0 Å². The lowest BCUT2D eigenvalue weighted by molar-refractivity contribution is 0.276. The summed E-state index contributed by atoms with van der Waals surface area (Å²) in [4.78, 5) is 0. The zero-order valence-electron chi connectivity index (χ0n) is 10.7. The molecule has 0 amide bonds. The minimum atomic E-state index is -0.408. The van der Waals surface area contributed by atoms with Gasteiger partial charge in [-0.05, 0) is 37.1 Å². The molecule has 17 heavy (non-hydrogen) atoms. The Labute approximate surface area is 103 Å². The minimum Gasteiger partial charge on any atom is -0.476 e. The highest BCUT2D eigenvalue weighted by atomic mass is 16.5. The van der Waals surface area contributed by atoms with Crippen LogP contribution in [0.1, 0.15) is 26.3 Å². The second-order valence-corrected chi connectivity index (χ2v) is 4.56. The molecule has 1 unspecified atom stereocenters. The number of hydrogen-bond donors (Lipinski definition) is 1. The lowest BCUT2D eigenvalue weighted by Gasteiger charge is -2.10. The fourth-order valence-corrected chi connectivity index (χ4v) is 1.46. The van der Waals surface area contributed by atoms with Gasteiger partial charge in [0.1, 0.15) is 11.8 Å². The maximum Gasteiger partial charge on any atom is 0.181 e. The third-order valence-electron chi connectivity index (χ3n) is 2.27. The molecule has 0 spiro atoms. The molecule has 0 bridgehead atoms. The number of rotatable bonds is 6. The Morgan fingerprint density at radius 2 is 2.12 bits per heavy atom. The molecule has 92 valence electrons. The molecule has 0 saturated carbocycles. The van der Waals surface area contributed by atoms with Crippen molar-refractivity contribution in [1.82, 2.24) is 5.32 Å². The highest BCUT2D eigenvalue weighted by molar-refractivity contribution is 5.29. The molecule has 0 heterocycles. The molecule has 3 heteroatoms. The van der Waals surface area contributed by atoms with Gasteiger partial charge in [-0.2, -0.15) is 5.26 Å². The fraction of sp³-hybridized carbons (Fsp3) is 0.500. The maximum absolute atomic E-state index is 8.68. The summed E-state index contributed by atoms with van der Waals surface area (Å²) in [6, 6.07) is 9.90. The van der Waals surface area contributed by atoms with E-state index in [9.17, 15) is 0 Å². The van der Waals surface area contributed by atoms with Crippen molar-refractivity contribution in [3.8, 4) is 11.8 Å². The summed E-state index contributed by atoms with van der Waals surface area (Å²) >= 11 is 0. The van der Waals surface area contributed by atoms with E-state index in [1.54, 1.807) is 6.92 Å². The zero-order valence-corrected chi connectivity index (χ0v) is 10.7. The average Bonchev–Trinajstić information content (AvgIpc) is 2.29. The number of hydrogen-bond acceptors (Lipinski definition) is 3. The van der Waals surface area contributed by atoms with Crippen LogP contribution in [-0.2, 0) is 6.54 Å². The van der Waals surface area contributed by atoms with Crippen molar-refractivity contribution >= 4 is 0 Å². The first-order valence-electron chi connectivity index (χ1n) is 5.97. The van der Waals surface area contributed by atoms with Gasteiger partial charge in [-0.3, -0.25) is 0 Å². The van der Waals surface area contributed by atoms with Gasteiger partial charge in [-0.1, -0.05) is 26.0 Å². The summed E-state index contributed by atoms with van der Waals surface area (Å²) in [6.07, 6.45) is -0.408. The zero-order chi connectivity index (χ0) is 12.7. The van der Waals surface area contributed by atoms with Crippen LogP contribution in [0, 0.1) is 17.2 Å². The van der Waals surface area contributed by atoms with E-state index in [0.717, 1.165) is 18.8 Å². The molecule has 3 nitrogen and oxygen atoms in total. The standard InChI is InChI=1S/C14H20N2O/c1-11(2)9-16-10-13-5-4-6-14(7-13)17-12(3)8-15/h4-7,11-12,16H,9-10H2,1-3H3. The number of benzene rings is 1. The molecule has 1 rings (SSSR count). The second kappa shape index (κ2) is 6.93. The van der Waals surface area contributed by atoms with Crippen LogP contribution in [0.5, 0.6) is 5.75 Å². The van der Waals surface area contributed by atoms with Gasteiger partial charge in [0.2, 0.25) is 0 Å². The Kier molecular flexibility index (Phi) is 5.51. The van der Waals surface area contributed by atoms with Crippen molar-refractivity contribution in [3.05, 3.63) is 29.8 Å². The molecule has 0 aliphatic heterocycles. The van der Waals surface area contributed by atoms with E-state index in [-0.39, 0.29) is 0 Å². The van der Waals surface area contributed by atoms with E-state index in [4.69, 9.17) is 10.00 Å². The molecule has 0 aliphatic carbocycles. The van der Waals surface area contributed by atoms with Crippen LogP contribution in [0.2, 0.25) is 0 Å². The fourth-order valence-electron chi connectivity index (χ4n) is 1.46. The maximum atomic E-state index is 8.68. The lowest BCUT2D eigenvalue weighted by atomic mass is 10.2. The highest BCUT2D eigenvalue weighted by Gasteiger charge is 2.02. The van der Waals surface area contributed by atoms with Crippen LogP contribution in [0.3, 0.4) is 0 Å². The van der Waals surface area contributed by atoms with Gasteiger partial charge in [0.15, 0.2) is 6.10 Å². The lowest BCUT2D eigenvalue weighted by Crippen LogP contribution is -2.19. The smallest absolute Gasteiger partial charge is 0.181 e. The summed E-state index contributed by atoms with van der Waals surface area (Å²) in [7, 11) is 0. The number of nitrogens with one attached hydrogen (secondary N) is 1. The molecule has 0 aromatic heterocycles. The Bertz CT molecular complexity index is 382. The first-order chi connectivity index (χ1) is 8.11. The van der Waals surface area contributed by atoms with Crippen LogP contribution < -0.4 is 10.1 Å². The van der Waals surface area contributed by atoms with Gasteiger partial charge >= 0.3 is 0 Å². The molecule has 1 aromatic carbocycles. The summed E-state index contributed by atoms with van der Waals surface area (Å²) in [6.45, 7) is 7.93. The van der Waals surface area contributed by atoms with Crippen LogP contribution in [0.4, 0.5) is 0 Å². The molecule has 0 fully saturated rings. The van der Waals surface area contributed by atoms with Crippen LogP contribution >= 0.6 is 0 Å². The monoisotopic (exact) mass is 232 g/mol. The number of nitrogens with zero attached hydrogens (tertiary/aromatic N) is 1. The van der Waals surface area contributed by atoms with Crippen molar-refractivity contribution < 1.29 is 4.74 Å². The Morgan fingerprint density at radius 1 is 1.35 bits per heavy atom. The normalized spacial score (nSPS) is 12.2. The number of nitriles is 1. The van der Waals surface area contributed by atoms with Crippen molar-refractivity contribution in [2.45, 2.75) is 33.4 Å². The van der Waals surface area contributed by atoms with Crippen molar-refractivity contribution in [2.24, 2.45) is 5.92 Å². The summed E-state index contributed by atoms with van der Waals surface area (Å²) in [5, 5.41) is 12.1. The first kappa shape index (κ1) is 13.5. The molecular weight excluding hydrogens is 212 g/mol. The van der Waals surface area contributed by atoms with Gasteiger partial charge < -0.3 is 10.1 Å². The van der Waals surface area contributed by atoms with E-state index in [2.05, 4.69) is 31.3 Å². The van der Waals surface area contributed by atoms with Gasteiger partial charge in [-0.25, -0.2) is 0 Å². The largest absolute Gasteiger partial charge is 0.476 e. The summed E-state index contributed by atoms with van der Waals surface area (Å²) in [5.74, 6) is 1.40. The Balaban J connectivity index is 2.51. The highest BCUT2D eigenvalue weighted by Crippen LogP contribution is 2.14. The molecule has 1 N–H and O–H groups in total. The molecule has 0 saturated heterocycles. The van der Waals surface area contributed by atoms with Crippen LogP contribution in [-0.4, -0.2) is 12.6 Å². The van der Waals surface area contributed by atoms with Crippen LogP contribution in [0.25, 0.3) is 0 Å². The second-order valence-electron chi connectivity index (χ2n) is 4.56. The van der Waals surface area contributed by atoms with Crippen molar-refractivity contribution in [2.75, 3.05) is 6.54 Å². The molecule has 1 aromatic rings. The third-order valence-corrected chi connectivity index (χ3v) is 2.27. The molecule has 1 atom stereocenters. The van der Waals surface area contributed by atoms with Gasteiger partial charge in [0, 0.05) is 6.54 Å². The van der Waals surface area contributed by atoms with Gasteiger partial charge in [0.25, 0.3) is 0 Å². The van der Waals surface area contributed by atoms with E-state index in [1.807, 2.05) is 18.2 Å². The third kappa shape index (κ3) is 5.37. The molecular formula is C14H20N2O. The van der Waals surface area contributed by atoms with E-state index < -0.39 is 6.10 Å². The quantitative estimate of drug-likeness (QED) is 0.820. The first-order valence-corrected chi connectivity index (χ1v) is 5.97. The Morgan fingerprint density at radius 3 is 2.76 bits per heavy atom. The van der Waals surface area contributed by atoms with Gasteiger partial charge in [0.05, 0.1) is 0 Å².